The van der Waals surface area contributed by atoms with E-state index in [1.165, 1.54) is 51.4 Å². The summed E-state index contributed by atoms with van der Waals surface area (Å²) in [5, 5.41) is 0. The maximum Gasteiger partial charge on any atom is 0.472 e. The number of phosphoric acid groups is 1. The topological polar surface area (TPSA) is 134 Å². The van der Waals surface area contributed by atoms with E-state index < -0.39 is 32.5 Å². The monoisotopic (exact) mass is 617 g/mol. The first kappa shape index (κ1) is 40.5. The van der Waals surface area contributed by atoms with Crippen molar-refractivity contribution in [3.63, 3.8) is 0 Å². The van der Waals surface area contributed by atoms with E-state index in [9.17, 15) is 19.0 Å². The summed E-state index contributed by atoms with van der Waals surface area (Å²) in [4.78, 5) is 34.0. The average Bonchev–Trinajstić information content (AvgIpc) is 2.97. The largest absolute Gasteiger partial charge is 0.472 e. The maximum absolute atomic E-state index is 12.4. The third kappa shape index (κ3) is 28.6. The molecule has 0 aliphatic heterocycles. The zero-order valence-corrected chi connectivity index (χ0v) is 27.4. The van der Waals surface area contributed by atoms with Gasteiger partial charge in [-0.25, -0.2) is 4.57 Å². The third-order valence-electron chi connectivity index (χ3n) is 6.59. The van der Waals surface area contributed by atoms with Crippen LogP contribution in [0.2, 0.25) is 0 Å². The van der Waals surface area contributed by atoms with Crippen molar-refractivity contribution in [2.75, 3.05) is 26.4 Å². The minimum atomic E-state index is -4.35. The minimum absolute atomic E-state index is 0.0520. The van der Waals surface area contributed by atoms with E-state index in [1.807, 2.05) is 6.92 Å². The van der Waals surface area contributed by atoms with Gasteiger partial charge in [-0.05, 0) is 44.9 Å². The van der Waals surface area contributed by atoms with Gasteiger partial charge in [-0.1, -0.05) is 102 Å². The van der Waals surface area contributed by atoms with Crippen LogP contribution in [0.25, 0.3) is 0 Å². The molecule has 0 fully saturated rings. The van der Waals surface area contributed by atoms with E-state index in [1.54, 1.807) is 0 Å². The van der Waals surface area contributed by atoms with Crippen LogP contribution in [-0.2, 0) is 32.7 Å². The fraction of sp³-hybridized carbons (Fsp3) is 0.812. The van der Waals surface area contributed by atoms with Crippen LogP contribution in [0.15, 0.2) is 24.3 Å². The van der Waals surface area contributed by atoms with Gasteiger partial charge >= 0.3 is 19.8 Å². The Balaban J connectivity index is 4.08. The standard InChI is InChI=1S/C32H60NO8P/c1-3-5-7-8-9-10-11-12-13-14-15-16-17-18-19-20-21-23-25-32(35)41-30(28-38-31(34)24-22-6-4-2)29-40-42(36,37)39-27-26-33/h10-11,13-14,30H,3-9,12,15-29,33H2,1-2H3,(H,36,37)/b11-10-,14-13-. The molecule has 0 bridgehead atoms. The van der Waals surface area contributed by atoms with Gasteiger partial charge in [0.25, 0.3) is 0 Å². The fourth-order valence-corrected chi connectivity index (χ4v) is 4.90. The molecule has 0 aromatic carbocycles. The van der Waals surface area contributed by atoms with Crippen molar-refractivity contribution in [2.24, 2.45) is 5.73 Å². The van der Waals surface area contributed by atoms with Gasteiger partial charge in [0.1, 0.15) is 6.61 Å². The number of allylic oxidation sites excluding steroid dienone is 4. The van der Waals surface area contributed by atoms with Crippen molar-refractivity contribution >= 4 is 19.8 Å². The number of rotatable bonds is 30. The molecule has 0 saturated heterocycles. The van der Waals surface area contributed by atoms with E-state index in [4.69, 9.17) is 24.3 Å². The average molecular weight is 618 g/mol. The molecule has 0 saturated carbocycles. The molecule has 2 atom stereocenters. The van der Waals surface area contributed by atoms with Crippen LogP contribution in [0.5, 0.6) is 0 Å². The molecule has 0 spiro atoms. The molecule has 42 heavy (non-hydrogen) atoms. The normalized spacial score (nSPS) is 13.9. The lowest BCUT2D eigenvalue weighted by molar-refractivity contribution is -0.161. The zero-order chi connectivity index (χ0) is 31.2. The highest BCUT2D eigenvalue weighted by Crippen LogP contribution is 2.43. The van der Waals surface area contributed by atoms with Gasteiger partial charge in [-0.2, -0.15) is 0 Å². The van der Waals surface area contributed by atoms with Crippen molar-refractivity contribution in [1.82, 2.24) is 0 Å². The van der Waals surface area contributed by atoms with Crippen molar-refractivity contribution in [3.8, 4) is 0 Å². The van der Waals surface area contributed by atoms with Gasteiger partial charge in [0.05, 0.1) is 13.2 Å². The predicted octanol–water partition coefficient (Wildman–Crippen LogP) is 8.10. The van der Waals surface area contributed by atoms with Crippen LogP contribution < -0.4 is 5.73 Å². The molecule has 2 unspecified atom stereocenters. The van der Waals surface area contributed by atoms with Crippen molar-refractivity contribution in [1.29, 1.82) is 0 Å². The number of phosphoric ester groups is 1. The van der Waals surface area contributed by atoms with Gasteiger partial charge < -0.3 is 20.1 Å². The van der Waals surface area contributed by atoms with Crippen LogP contribution in [0, 0.1) is 0 Å². The molecule has 9 nitrogen and oxygen atoms in total. The van der Waals surface area contributed by atoms with Gasteiger partial charge in [-0.15, -0.1) is 0 Å². The first-order valence-electron chi connectivity index (χ1n) is 16.3. The molecule has 10 heteroatoms. The van der Waals surface area contributed by atoms with Crippen LogP contribution in [0.4, 0.5) is 0 Å². The molecule has 0 aromatic heterocycles. The predicted molar refractivity (Wildman–Crippen MR) is 169 cm³/mol. The van der Waals surface area contributed by atoms with Crippen molar-refractivity contribution in [2.45, 2.75) is 142 Å². The van der Waals surface area contributed by atoms with E-state index in [0.717, 1.165) is 44.9 Å². The molecular formula is C32H60NO8P. The maximum atomic E-state index is 12.4. The summed E-state index contributed by atoms with van der Waals surface area (Å²) in [6.45, 7) is 3.49. The number of esters is 2. The lowest BCUT2D eigenvalue weighted by Gasteiger charge is -2.19. The Bertz CT molecular complexity index is 759. The summed E-state index contributed by atoms with van der Waals surface area (Å²) in [7, 11) is -4.35. The van der Waals surface area contributed by atoms with Gasteiger partial charge in [0.15, 0.2) is 6.10 Å². The van der Waals surface area contributed by atoms with Crippen molar-refractivity contribution < 1.29 is 37.6 Å². The molecule has 0 amide bonds. The molecular weight excluding hydrogens is 557 g/mol. The van der Waals surface area contributed by atoms with Crippen LogP contribution in [0.3, 0.4) is 0 Å². The van der Waals surface area contributed by atoms with Crippen LogP contribution in [0.1, 0.15) is 136 Å². The lowest BCUT2D eigenvalue weighted by atomic mass is 10.1. The number of nitrogens with two attached hydrogens (primary N) is 1. The highest BCUT2D eigenvalue weighted by Gasteiger charge is 2.25. The summed E-state index contributed by atoms with van der Waals surface area (Å²) in [6.07, 6.45) is 27.2. The van der Waals surface area contributed by atoms with Crippen LogP contribution >= 0.6 is 7.82 Å². The quantitative estimate of drug-likeness (QED) is 0.0355. The van der Waals surface area contributed by atoms with E-state index in [0.29, 0.717) is 12.8 Å². The molecule has 0 aliphatic carbocycles. The number of hydrogen-bond acceptors (Lipinski definition) is 8. The van der Waals surface area contributed by atoms with Gasteiger partial charge in [0, 0.05) is 19.4 Å². The Morgan fingerprint density at radius 1 is 0.714 bits per heavy atom. The second kappa shape index (κ2) is 29.6. The van der Waals surface area contributed by atoms with Gasteiger partial charge in [-0.3, -0.25) is 18.6 Å². The molecule has 0 heterocycles. The summed E-state index contributed by atoms with van der Waals surface area (Å²) in [5.41, 5.74) is 5.28. The fourth-order valence-electron chi connectivity index (χ4n) is 4.13. The Morgan fingerprint density at radius 3 is 1.86 bits per heavy atom. The number of ether oxygens (including phenoxy) is 2. The Hall–Kier alpha value is -1.51. The van der Waals surface area contributed by atoms with Crippen molar-refractivity contribution in [3.05, 3.63) is 24.3 Å². The Labute approximate surface area is 255 Å². The molecule has 3 N–H and O–H groups in total. The molecule has 0 aliphatic rings. The smallest absolute Gasteiger partial charge is 0.462 e. The number of carbonyl (C=O) groups excluding carboxylic acids is 2. The minimum Gasteiger partial charge on any atom is -0.462 e. The summed E-state index contributed by atoms with van der Waals surface area (Å²) in [6, 6.07) is 0. The SMILES string of the molecule is CCCCCC/C=C\C/C=C\CCCCCCCCCC(=O)OC(COC(=O)CCCCC)COP(=O)(O)OCCN. The molecule has 246 valence electrons. The van der Waals surface area contributed by atoms with E-state index in [-0.39, 0.29) is 32.6 Å². The summed E-state index contributed by atoms with van der Waals surface area (Å²) < 4.78 is 32.2. The second-order valence-corrected chi connectivity index (χ2v) is 12.1. The zero-order valence-electron chi connectivity index (χ0n) is 26.5. The second-order valence-electron chi connectivity index (χ2n) is 10.7. The van der Waals surface area contributed by atoms with Gasteiger partial charge in [0.2, 0.25) is 0 Å². The number of unbranched alkanes of at least 4 members (excludes halogenated alkanes) is 13. The number of hydrogen-bond donors (Lipinski definition) is 2. The van der Waals surface area contributed by atoms with E-state index >= 15 is 0 Å². The first-order chi connectivity index (χ1) is 20.3. The van der Waals surface area contributed by atoms with E-state index in [2.05, 4.69) is 31.2 Å². The summed E-state index contributed by atoms with van der Waals surface area (Å²) in [5.74, 6) is -0.868. The number of carbonyl (C=O) groups is 2. The van der Waals surface area contributed by atoms with Crippen LogP contribution in [-0.4, -0.2) is 49.3 Å². The third-order valence-corrected chi connectivity index (χ3v) is 7.57. The highest BCUT2D eigenvalue weighted by atomic mass is 31.2. The first-order valence-corrected chi connectivity index (χ1v) is 17.8. The highest BCUT2D eigenvalue weighted by molar-refractivity contribution is 7.47. The molecule has 0 rings (SSSR count). The Kier molecular flexibility index (Phi) is 28.5. The summed E-state index contributed by atoms with van der Waals surface area (Å²) >= 11 is 0. The lowest BCUT2D eigenvalue weighted by Crippen LogP contribution is -2.29. The molecule has 0 aromatic rings. The molecule has 0 radical (unpaired) electrons. The Morgan fingerprint density at radius 2 is 1.24 bits per heavy atom.